The predicted octanol–water partition coefficient (Wildman–Crippen LogP) is 4.83. The Kier molecular flexibility index (Phi) is 5.67. The minimum Gasteiger partial charge on any atom is -0.496 e. The fourth-order valence-corrected chi connectivity index (χ4v) is 4.16. The second-order valence-corrected chi connectivity index (χ2v) is 7.55. The van der Waals surface area contributed by atoms with E-state index in [0.717, 1.165) is 11.1 Å². The van der Waals surface area contributed by atoms with Gasteiger partial charge in [0.25, 0.3) is 0 Å². The Morgan fingerprint density at radius 2 is 1.43 bits per heavy atom. The van der Waals surface area contributed by atoms with E-state index in [9.17, 15) is 8.78 Å². The van der Waals surface area contributed by atoms with Crippen molar-refractivity contribution in [1.82, 2.24) is 14.9 Å². The number of aromatic nitrogens is 3. The molecule has 0 aliphatic rings. The number of hydrogen-bond donors (Lipinski definition) is 1. The molecule has 2 N–H and O–H groups in total. The highest BCUT2D eigenvalue weighted by atomic mass is 32.2. The highest BCUT2D eigenvalue weighted by Gasteiger charge is 2.22. The van der Waals surface area contributed by atoms with E-state index in [1.54, 1.807) is 31.4 Å². The fourth-order valence-electron chi connectivity index (χ4n) is 3.08. The summed E-state index contributed by atoms with van der Waals surface area (Å²) in [7, 11) is 1.57. The minimum atomic E-state index is -0.331. The van der Waals surface area contributed by atoms with Gasteiger partial charge in [-0.15, -0.1) is 10.2 Å². The Bertz CT molecular complexity index is 1100. The van der Waals surface area contributed by atoms with Crippen LogP contribution in [-0.4, -0.2) is 22.0 Å². The number of para-hydroxylation sites is 1. The number of nitrogen functional groups attached to an aromatic ring is 1. The van der Waals surface area contributed by atoms with Gasteiger partial charge in [-0.05, 0) is 47.5 Å². The van der Waals surface area contributed by atoms with Gasteiger partial charge in [-0.25, -0.2) is 13.5 Å². The Labute approximate surface area is 176 Å². The van der Waals surface area contributed by atoms with Crippen LogP contribution in [0.15, 0.2) is 78.0 Å². The number of hydrogen-bond acceptors (Lipinski definition) is 5. The third kappa shape index (κ3) is 3.99. The first-order valence-electron chi connectivity index (χ1n) is 9.08. The Morgan fingerprint density at radius 1 is 0.867 bits per heavy atom. The molecule has 0 amide bonds. The molecule has 0 atom stereocenters. The molecular formula is C22H18F2N4OS. The monoisotopic (exact) mass is 424 g/mol. The zero-order valence-corrected chi connectivity index (χ0v) is 16.8. The average Bonchev–Trinajstić information content (AvgIpc) is 3.13. The standard InChI is InChI=1S/C22H18F2N4OS/c1-29-19-5-3-2-4-18(19)21-26-27-22(28(21)25)30-20(14-6-10-16(23)11-7-14)15-8-12-17(24)13-9-15/h2-13,20H,25H2,1H3. The lowest BCUT2D eigenvalue weighted by Crippen LogP contribution is -2.13. The molecule has 5 nitrogen and oxygen atoms in total. The van der Waals surface area contributed by atoms with Crippen LogP contribution in [0, 0.1) is 11.6 Å². The van der Waals surface area contributed by atoms with Crippen LogP contribution in [0.2, 0.25) is 0 Å². The van der Waals surface area contributed by atoms with Gasteiger partial charge < -0.3 is 10.6 Å². The van der Waals surface area contributed by atoms with Crippen molar-refractivity contribution in [2.45, 2.75) is 10.4 Å². The third-order valence-corrected chi connectivity index (χ3v) is 5.85. The Morgan fingerprint density at radius 3 is 2.00 bits per heavy atom. The molecule has 1 heterocycles. The molecule has 0 fully saturated rings. The zero-order chi connectivity index (χ0) is 21.1. The molecule has 1 aromatic heterocycles. The van der Waals surface area contributed by atoms with Gasteiger partial charge in [-0.2, -0.15) is 0 Å². The maximum Gasteiger partial charge on any atom is 0.211 e. The number of nitrogens with two attached hydrogens (primary N) is 1. The lowest BCUT2D eigenvalue weighted by molar-refractivity contribution is 0.416. The van der Waals surface area contributed by atoms with E-state index < -0.39 is 0 Å². The molecule has 152 valence electrons. The number of methoxy groups -OCH3 is 1. The number of benzene rings is 3. The molecule has 0 unspecified atom stereocenters. The van der Waals surface area contributed by atoms with E-state index in [-0.39, 0.29) is 16.9 Å². The van der Waals surface area contributed by atoms with Gasteiger partial charge in [0.05, 0.1) is 17.9 Å². The first-order chi connectivity index (χ1) is 14.6. The second kappa shape index (κ2) is 8.54. The summed E-state index contributed by atoms with van der Waals surface area (Å²) in [6.07, 6.45) is 0. The summed E-state index contributed by atoms with van der Waals surface area (Å²) in [5, 5.41) is 8.64. The largest absolute Gasteiger partial charge is 0.496 e. The van der Waals surface area contributed by atoms with E-state index in [4.69, 9.17) is 10.6 Å². The van der Waals surface area contributed by atoms with E-state index >= 15 is 0 Å². The SMILES string of the molecule is COc1ccccc1-c1nnc(SC(c2ccc(F)cc2)c2ccc(F)cc2)n1N. The summed E-state index contributed by atoms with van der Waals surface area (Å²) >= 11 is 1.34. The van der Waals surface area contributed by atoms with Crippen LogP contribution in [0.1, 0.15) is 16.4 Å². The topological polar surface area (TPSA) is 66.0 Å². The number of nitrogens with zero attached hydrogens (tertiary/aromatic N) is 3. The first kappa shape index (κ1) is 19.9. The van der Waals surface area contributed by atoms with E-state index in [1.807, 2.05) is 24.3 Å². The molecule has 4 rings (SSSR count). The van der Waals surface area contributed by atoms with Gasteiger partial charge >= 0.3 is 0 Å². The molecule has 0 saturated heterocycles. The van der Waals surface area contributed by atoms with E-state index in [1.165, 1.54) is 40.7 Å². The number of rotatable bonds is 6. The zero-order valence-electron chi connectivity index (χ0n) is 16.0. The number of ether oxygens (including phenoxy) is 1. The van der Waals surface area contributed by atoms with Crippen molar-refractivity contribution in [3.63, 3.8) is 0 Å². The van der Waals surface area contributed by atoms with Crippen LogP contribution >= 0.6 is 11.8 Å². The van der Waals surface area contributed by atoms with Gasteiger partial charge in [0.15, 0.2) is 5.82 Å². The highest BCUT2D eigenvalue weighted by molar-refractivity contribution is 7.99. The summed E-state index contributed by atoms with van der Waals surface area (Å²) < 4.78 is 33.7. The Hall–Kier alpha value is -3.39. The average molecular weight is 424 g/mol. The number of thioether (sulfide) groups is 1. The number of halogens is 2. The molecule has 0 spiro atoms. The molecule has 30 heavy (non-hydrogen) atoms. The van der Waals surface area contributed by atoms with Crippen LogP contribution in [0.3, 0.4) is 0 Å². The maximum atomic E-state index is 13.4. The normalized spacial score (nSPS) is 11.1. The van der Waals surface area contributed by atoms with Crippen LogP contribution in [0.25, 0.3) is 11.4 Å². The van der Waals surface area contributed by atoms with Gasteiger partial charge in [0.2, 0.25) is 5.16 Å². The molecule has 8 heteroatoms. The second-order valence-electron chi connectivity index (χ2n) is 6.48. The van der Waals surface area contributed by atoms with Crippen molar-refractivity contribution in [3.05, 3.63) is 95.6 Å². The maximum absolute atomic E-state index is 13.4. The fraction of sp³-hybridized carbons (Fsp3) is 0.0909. The van der Waals surface area contributed by atoms with Gasteiger partial charge in [-0.1, -0.05) is 48.2 Å². The van der Waals surface area contributed by atoms with E-state index in [0.29, 0.717) is 22.3 Å². The van der Waals surface area contributed by atoms with Gasteiger partial charge in [0, 0.05) is 0 Å². The summed E-state index contributed by atoms with van der Waals surface area (Å²) in [5.74, 6) is 6.72. The van der Waals surface area contributed by atoms with Crippen molar-refractivity contribution >= 4 is 11.8 Å². The van der Waals surface area contributed by atoms with Crippen molar-refractivity contribution in [3.8, 4) is 17.1 Å². The van der Waals surface area contributed by atoms with Gasteiger partial charge in [-0.3, -0.25) is 0 Å². The van der Waals surface area contributed by atoms with Crippen molar-refractivity contribution in [2.24, 2.45) is 0 Å². The molecule has 4 aromatic rings. The summed E-state index contributed by atoms with van der Waals surface area (Å²) in [6.45, 7) is 0. The molecule has 0 aliphatic heterocycles. The van der Waals surface area contributed by atoms with Crippen LogP contribution in [0.4, 0.5) is 8.78 Å². The summed E-state index contributed by atoms with van der Waals surface area (Å²) in [6, 6.07) is 19.7. The highest BCUT2D eigenvalue weighted by Crippen LogP contribution is 2.40. The molecular weight excluding hydrogens is 406 g/mol. The molecule has 0 aliphatic carbocycles. The van der Waals surface area contributed by atoms with Crippen LogP contribution < -0.4 is 10.6 Å². The Balaban J connectivity index is 1.72. The van der Waals surface area contributed by atoms with Crippen LogP contribution in [0.5, 0.6) is 5.75 Å². The van der Waals surface area contributed by atoms with E-state index in [2.05, 4.69) is 10.2 Å². The molecule has 0 radical (unpaired) electrons. The molecule has 0 saturated carbocycles. The lowest BCUT2D eigenvalue weighted by Gasteiger charge is -2.17. The first-order valence-corrected chi connectivity index (χ1v) is 9.96. The molecule has 3 aromatic carbocycles. The summed E-state index contributed by atoms with van der Waals surface area (Å²) in [4.78, 5) is 0. The minimum absolute atomic E-state index is 0.289. The quantitative estimate of drug-likeness (QED) is 0.355. The van der Waals surface area contributed by atoms with Gasteiger partial charge in [0.1, 0.15) is 17.4 Å². The van der Waals surface area contributed by atoms with Crippen molar-refractivity contribution < 1.29 is 13.5 Å². The predicted molar refractivity (Wildman–Crippen MR) is 113 cm³/mol. The third-order valence-electron chi connectivity index (χ3n) is 4.58. The van der Waals surface area contributed by atoms with Crippen LogP contribution in [-0.2, 0) is 0 Å². The lowest BCUT2D eigenvalue weighted by atomic mass is 10.0. The molecule has 0 bridgehead atoms. The summed E-state index contributed by atoms with van der Waals surface area (Å²) in [5.41, 5.74) is 2.37. The smallest absolute Gasteiger partial charge is 0.211 e. The van der Waals surface area contributed by atoms with Crippen molar-refractivity contribution in [2.75, 3.05) is 13.0 Å². The van der Waals surface area contributed by atoms with Crippen molar-refractivity contribution in [1.29, 1.82) is 0 Å².